The molecule has 0 radical (unpaired) electrons. The molecular formula is C16H21NO3S. The second kappa shape index (κ2) is 6.81. The first-order chi connectivity index (χ1) is 10.3. The van der Waals surface area contributed by atoms with Gasteiger partial charge in [0, 0.05) is 23.7 Å². The Hall–Kier alpha value is -1.04. The number of fused-ring (bicyclic) bond motifs is 1. The second-order valence-corrected chi connectivity index (χ2v) is 6.58. The maximum absolute atomic E-state index is 12.7. The first-order valence-corrected chi connectivity index (χ1v) is 8.51. The fourth-order valence-electron chi connectivity index (χ4n) is 3.05. The standard InChI is InChI=1S/C16H21NO3S/c18-9-10-20-12-5-7-17(8-6-12)16(19)14-11-21-15-4-2-1-3-13(14)15/h1-4,12,14,18H,5-11H2. The van der Waals surface area contributed by atoms with Crippen LogP contribution in [-0.4, -0.2) is 54.1 Å². The molecule has 2 aliphatic heterocycles. The first kappa shape index (κ1) is 14.9. The number of nitrogens with zero attached hydrogens (tertiary/aromatic N) is 1. The molecule has 2 heterocycles. The topological polar surface area (TPSA) is 49.8 Å². The molecule has 1 fully saturated rings. The fourth-order valence-corrected chi connectivity index (χ4v) is 4.27. The molecule has 0 aliphatic carbocycles. The number of thioether (sulfide) groups is 1. The lowest BCUT2D eigenvalue weighted by Crippen LogP contribution is -2.43. The fraction of sp³-hybridized carbons (Fsp3) is 0.562. The number of piperidine rings is 1. The van der Waals surface area contributed by atoms with Gasteiger partial charge in [-0.15, -0.1) is 11.8 Å². The van der Waals surface area contributed by atoms with Gasteiger partial charge in [-0.3, -0.25) is 4.79 Å². The number of carbonyl (C=O) groups is 1. The van der Waals surface area contributed by atoms with Crippen molar-refractivity contribution >= 4 is 17.7 Å². The molecule has 0 spiro atoms. The van der Waals surface area contributed by atoms with Crippen LogP contribution in [0.15, 0.2) is 29.2 Å². The summed E-state index contributed by atoms with van der Waals surface area (Å²) in [4.78, 5) is 15.9. The van der Waals surface area contributed by atoms with Gasteiger partial charge in [0.05, 0.1) is 25.2 Å². The summed E-state index contributed by atoms with van der Waals surface area (Å²) in [6, 6.07) is 8.22. The lowest BCUT2D eigenvalue weighted by molar-refractivity contribution is -0.135. The highest BCUT2D eigenvalue weighted by atomic mass is 32.2. The minimum atomic E-state index is 0.0149. The molecule has 3 rings (SSSR count). The number of hydrogen-bond donors (Lipinski definition) is 1. The van der Waals surface area contributed by atoms with Gasteiger partial charge >= 0.3 is 0 Å². The Morgan fingerprint density at radius 1 is 1.33 bits per heavy atom. The van der Waals surface area contributed by atoms with Gasteiger partial charge in [-0.05, 0) is 24.5 Å². The van der Waals surface area contributed by atoms with Crippen molar-refractivity contribution in [3.05, 3.63) is 29.8 Å². The maximum Gasteiger partial charge on any atom is 0.231 e. The molecule has 5 heteroatoms. The van der Waals surface area contributed by atoms with Crippen molar-refractivity contribution in [1.82, 2.24) is 4.90 Å². The number of carbonyl (C=O) groups excluding carboxylic acids is 1. The van der Waals surface area contributed by atoms with E-state index in [0.717, 1.165) is 31.7 Å². The van der Waals surface area contributed by atoms with E-state index < -0.39 is 0 Å². The molecule has 1 atom stereocenters. The van der Waals surface area contributed by atoms with Crippen LogP contribution in [-0.2, 0) is 9.53 Å². The Labute approximate surface area is 129 Å². The smallest absolute Gasteiger partial charge is 0.231 e. The van der Waals surface area contributed by atoms with E-state index in [0.29, 0.717) is 6.61 Å². The molecule has 1 aromatic rings. The number of amides is 1. The Kier molecular flexibility index (Phi) is 4.83. The maximum atomic E-state index is 12.7. The summed E-state index contributed by atoms with van der Waals surface area (Å²) in [5, 5.41) is 8.78. The van der Waals surface area contributed by atoms with E-state index in [1.165, 1.54) is 10.5 Å². The predicted octanol–water partition coefficient (Wildman–Crippen LogP) is 1.88. The summed E-state index contributed by atoms with van der Waals surface area (Å²) < 4.78 is 5.55. The lowest BCUT2D eigenvalue weighted by Gasteiger charge is -2.33. The number of benzene rings is 1. The zero-order valence-corrected chi connectivity index (χ0v) is 12.8. The first-order valence-electron chi connectivity index (χ1n) is 7.52. The zero-order valence-electron chi connectivity index (χ0n) is 12.0. The van der Waals surface area contributed by atoms with Crippen LogP contribution in [0.2, 0.25) is 0 Å². The van der Waals surface area contributed by atoms with Crippen molar-refractivity contribution in [3.8, 4) is 0 Å². The number of rotatable bonds is 4. The summed E-state index contributed by atoms with van der Waals surface area (Å²) >= 11 is 1.78. The van der Waals surface area contributed by atoms with Crippen LogP contribution < -0.4 is 0 Å². The van der Waals surface area contributed by atoms with Gasteiger partial charge in [0.2, 0.25) is 5.91 Å². The zero-order chi connectivity index (χ0) is 14.7. The van der Waals surface area contributed by atoms with Gasteiger partial charge in [-0.1, -0.05) is 18.2 Å². The summed E-state index contributed by atoms with van der Waals surface area (Å²) in [5.74, 6) is 1.13. The van der Waals surface area contributed by atoms with Crippen molar-refractivity contribution in [3.63, 3.8) is 0 Å². The average molecular weight is 307 g/mol. The van der Waals surface area contributed by atoms with E-state index >= 15 is 0 Å². The highest BCUT2D eigenvalue weighted by Crippen LogP contribution is 2.40. The number of likely N-dealkylation sites (tertiary alicyclic amines) is 1. The van der Waals surface area contributed by atoms with Crippen LogP contribution in [0.25, 0.3) is 0 Å². The molecule has 1 unspecified atom stereocenters. The Balaban J connectivity index is 1.58. The molecule has 1 amide bonds. The molecule has 0 aromatic heterocycles. The van der Waals surface area contributed by atoms with Gasteiger partial charge < -0.3 is 14.7 Å². The van der Waals surface area contributed by atoms with Crippen molar-refractivity contribution in [2.45, 2.75) is 29.8 Å². The van der Waals surface area contributed by atoms with E-state index in [4.69, 9.17) is 9.84 Å². The minimum absolute atomic E-state index is 0.0149. The quantitative estimate of drug-likeness (QED) is 0.923. The lowest BCUT2D eigenvalue weighted by atomic mass is 9.98. The molecule has 1 N–H and O–H groups in total. The number of hydrogen-bond acceptors (Lipinski definition) is 4. The van der Waals surface area contributed by atoms with Crippen LogP contribution in [0, 0.1) is 0 Å². The van der Waals surface area contributed by atoms with Crippen LogP contribution in [0.1, 0.15) is 24.3 Å². The summed E-state index contributed by atoms with van der Waals surface area (Å²) in [6.45, 7) is 1.98. The van der Waals surface area contributed by atoms with E-state index in [2.05, 4.69) is 12.1 Å². The third-order valence-electron chi connectivity index (χ3n) is 4.20. The van der Waals surface area contributed by atoms with Crippen molar-refractivity contribution in [1.29, 1.82) is 0 Å². The largest absolute Gasteiger partial charge is 0.394 e. The molecule has 21 heavy (non-hydrogen) atoms. The number of ether oxygens (including phenoxy) is 1. The molecule has 2 aliphatic rings. The van der Waals surface area contributed by atoms with Crippen LogP contribution in [0.5, 0.6) is 0 Å². The highest BCUT2D eigenvalue weighted by molar-refractivity contribution is 7.99. The van der Waals surface area contributed by atoms with Gasteiger partial charge in [-0.25, -0.2) is 0 Å². The van der Waals surface area contributed by atoms with Crippen LogP contribution >= 0.6 is 11.8 Å². The Morgan fingerprint density at radius 3 is 2.86 bits per heavy atom. The van der Waals surface area contributed by atoms with Crippen molar-refractivity contribution < 1.29 is 14.6 Å². The van der Waals surface area contributed by atoms with E-state index in [-0.39, 0.29) is 24.5 Å². The van der Waals surface area contributed by atoms with Crippen LogP contribution in [0.4, 0.5) is 0 Å². The highest BCUT2D eigenvalue weighted by Gasteiger charge is 2.33. The second-order valence-electron chi connectivity index (χ2n) is 5.52. The summed E-state index contributed by atoms with van der Waals surface area (Å²) in [7, 11) is 0. The number of aliphatic hydroxyl groups is 1. The summed E-state index contributed by atoms with van der Waals surface area (Å²) in [6.07, 6.45) is 1.92. The Bertz CT molecular complexity index is 500. The molecule has 114 valence electrons. The number of aliphatic hydroxyl groups excluding tert-OH is 1. The minimum Gasteiger partial charge on any atom is -0.394 e. The predicted molar refractivity (Wildman–Crippen MR) is 82.5 cm³/mol. The van der Waals surface area contributed by atoms with E-state index in [1.807, 2.05) is 17.0 Å². The monoisotopic (exact) mass is 307 g/mol. The summed E-state index contributed by atoms with van der Waals surface area (Å²) in [5.41, 5.74) is 1.19. The SMILES string of the molecule is O=C(C1CSc2ccccc21)N1CCC(OCCO)CC1. The van der Waals surface area contributed by atoms with Gasteiger partial charge in [-0.2, -0.15) is 0 Å². The van der Waals surface area contributed by atoms with Gasteiger partial charge in [0.1, 0.15) is 0 Å². The molecule has 0 bridgehead atoms. The average Bonchev–Trinajstić information content (AvgIpc) is 2.97. The molecular weight excluding hydrogens is 286 g/mol. The van der Waals surface area contributed by atoms with Crippen molar-refractivity contribution in [2.24, 2.45) is 0 Å². The third-order valence-corrected chi connectivity index (χ3v) is 5.38. The molecule has 0 saturated carbocycles. The third kappa shape index (κ3) is 3.25. The van der Waals surface area contributed by atoms with Crippen molar-refractivity contribution in [2.75, 3.05) is 32.1 Å². The Morgan fingerprint density at radius 2 is 2.10 bits per heavy atom. The van der Waals surface area contributed by atoms with Gasteiger partial charge in [0.15, 0.2) is 0 Å². The normalized spacial score (nSPS) is 22.3. The van der Waals surface area contributed by atoms with E-state index in [1.54, 1.807) is 11.8 Å². The van der Waals surface area contributed by atoms with E-state index in [9.17, 15) is 4.79 Å². The molecule has 1 aromatic carbocycles. The molecule has 1 saturated heterocycles. The molecule has 4 nitrogen and oxygen atoms in total. The van der Waals surface area contributed by atoms with Gasteiger partial charge in [0.25, 0.3) is 0 Å². The van der Waals surface area contributed by atoms with Crippen LogP contribution in [0.3, 0.4) is 0 Å².